The first kappa shape index (κ1) is 12.8. The quantitative estimate of drug-likeness (QED) is 0.791. The summed E-state index contributed by atoms with van der Waals surface area (Å²) in [6, 6.07) is 5.40. The minimum absolute atomic E-state index is 0.0737. The van der Waals surface area contributed by atoms with Gasteiger partial charge in [0.05, 0.1) is 6.42 Å². The molecule has 106 valence electrons. The fraction of sp³-hybridized carbons (Fsp3) is 0.429. The lowest BCUT2D eigenvalue weighted by Crippen LogP contribution is -2.43. The predicted octanol–water partition coefficient (Wildman–Crippen LogP) is 0.558. The zero-order valence-corrected chi connectivity index (χ0v) is 11.0. The number of carbonyl (C=O) groups is 2. The first-order valence-electron chi connectivity index (χ1n) is 6.69. The Labute approximate surface area is 116 Å². The highest BCUT2D eigenvalue weighted by Crippen LogP contribution is 2.31. The Morgan fingerprint density at radius 3 is 2.60 bits per heavy atom. The molecule has 6 heteroatoms. The van der Waals surface area contributed by atoms with E-state index in [0.29, 0.717) is 24.7 Å². The average molecular weight is 276 g/mol. The number of benzene rings is 1. The van der Waals surface area contributed by atoms with E-state index in [4.69, 9.17) is 9.47 Å². The first-order chi connectivity index (χ1) is 9.72. The highest BCUT2D eigenvalue weighted by molar-refractivity contribution is 5.85. The molecule has 1 fully saturated rings. The van der Waals surface area contributed by atoms with Crippen LogP contribution in [0.3, 0.4) is 0 Å². The molecule has 3 rings (SSSR count). The lowest BCUT2D eigenvalue weighted by atomic mass is 10.1. The number of hydrazine groups is 1. The maximum atomic E-state index is 11.7. The maximum Gasteiger partial charge on any atom is 0.242 e. The lowest BCUT2D eigenvalue weighted by Gasteiger charge is -2.18. The topological polar surface area (TPSA) is 76.7 Å². The third-order valence-electron chi connectivity index (χ3n) is 3.24. The summed E-state index contributed by atoms with van der Waals surface area (Å²) >= 11 is 0. The monoisotopic (exact) mass is 276 g/mol. The normalized spacial score (nSPS) is 16.4. The fourth-order valence-corrected chi connectivity index (χ4v) is 2.01. The van der Waals surface area contributed by atoms with Gasteiger partial charge in [0.25, 0.3) is 0 Å². The van der Waals surface area contributed by atoms with Crippen LogP contribution in [0.5, 0.6) is 11.5 Å². The second-order valence-corrected chi connectivity index (χ2v) is 4.97. The number of fused-ring (bicyclic) bond motifs is 1. The highest BCUT2D eigenvalue weighted by Gasteiger charge is 2.29. The van der Waals surface area contributed by atoms with E-state index in [1.165, 1.54) is 0 Å². The van der Waals surface area contributed by atoms with Crippen LogP contribution in [0.2, 0.25) is 0 Å². The molecule has 2 N–H and O–H groups in total. The van der Waals surface area contributed by atoms with Gasteiger partial charge in [-0.15, -0.1) is 0 Å². The molecule has 0 aromatic heterocycles. The summed E-state index contributed by atoms with van der Waals surface area (Å²) < 4.78 is 10.9. The zero-order valence-electron chi connectivity index (χ0n) is 11.0. The molecule has 1 heterocycles. The summed E-state index contributed by atoms with van der Waals surface area (Å²) in [6.07, 6.45) is 2.00. The molecule has 1 saturated carbocycles. The van der Waals surface area contributed by atoms with E-state index >= 15 is 0 Å². The van der Waals surface area contributed by atoms with E-state index in [1.807, 2.05) is 6.07 Å². The van der Waals surface area contributed by atoms with Gasteiger partial charge in [0, 0.05) is 5.92 Å². The summed E-state index contributed by atoms with van der Waals surface area (Å²) in [5.41, 5.74) is 5.67. The Morgan fingerprint density at radius 2 is 1.85 bits per heavy atom. The molecule has 1 aromatic carbocycles. The Hall–Kier alpha value is -2.24. The van der Waals surface area contributed by atoms with Crippen molar-refractivity contribution >= 4 is 11.8 Å². The fourth-order valence-electron chi connectivity index (χ4n) is 2.01. The van der Waals surface area contributed by atoms with Crippen molar-refractivity contribution in [1.82, 2.24) is 10.9 Å². The number of hydrogen-bond donors (Lipinski definition) is 2. The van der Waals surface area contributed by atoms with Crippen molar-refractivity contribution in [2.24, 2.45) is 5.92 Å². The SMILES string of the molecule is O=C(Cc1ccc2c(c1)OCCO2)NNC(=O)C1CC1. The smallest absolute Gasteiger partial charge is 0.242 e. The summed E-state index contributed by atoms with van der Waals surface area (Å²) in [4.78, 5) is 23.1. The van der Waals surface area contributed by atoms with E-state index < -0.39 is 0 Å². The summed E-state index contributed by atoms with van der Waals surface area (Å²) in [6.45, 7) is 1.06. The molecule has 0 unspecified atom stereocenters. The molecular weight excluding hydrogens is 260 g/mol. The summed E-state index contributed by atoms with van der Waals surface area (Å²) in [5, 5.41) is 0. The van der Waals surface area contributed by atoms with Crippen LogP contribution in [0, 0.1) is 5.92 Å². The second-order valence-electron chi connectivity index (χ2n) is 4.97. The second kappa shape index (κ2) is 5.40. The van der Waals surface area contributed by atoms with Crippen molar-refractivity contribution in [3.05, 3.63) is 23.8 Å². The van der Waals surface area contributed by atoms with Crippen LogP contribution in [-0.2, 0) is 16.0 Å². The van der Waals surface area contributed by atoms with Gasteiger partial charge in [0.2, 0.25) is 11.8 Å². The standard InChI is InChI=1S/C14H16N2O4/c17-13(15-16-14(18)10-2-3-10)8-9-1-4-11-12(7-9)20-6-5-19-11/h1,4,7,10H,2-3,5-6,8H2,(H,15,17)(H,16,18). The van der Waals surface area contributed by atoms with Gasteiger partial charge >= 0.3 is 0 Å². The number of hydrogen-bond acceptors (Lipinski definition) is 4. The van der Waals surface area contributed by atoms with E-state index in [2.05, 4.69) is 10.9 Å². The minimum Gasteiger partial charge on any atom is -0.486 e. The van der Waals surface area contributed by atoms with Crippen molar-refractivity contribution in [2.45, 2.75) is 19.3 Å². The van der Waals surface area contributed by atoms with Gasteiger partial charge in [-0.05, 0) is 30.5 Å². The van der Waals surface area contributed by atoms with E-state index in [-0.39, 0.29) is 24.2 Å². The van der Waals surface area contributed by atoms with Crippen molar-refractivity contribution in [3.8, 4) is 11.5 Å². The number of nitrogens with one attached hydrogen (secondary N) is 2. The van der Waals surface area contributed by atoms with Gasteiger partial charge in [0.15, 0.2) is 11.5 Å². The number of rotatable bonds is 3. The molecule has 6 nitrogen and oxygen atoms in total. The lowest BCUT2D eigenvalue weighted by molar-refractivity contribution is -0.129. The molecule has 0 saturated heterocycles. The van der Waals surface area contributed by atoms with Crippen molar-refractivity contribution in [1.29, 1.82) is 0 Å². The van der Waals surface area contributed by atoms with Crippen LogP contribution in [0.15, 0.2) is 18.2 Å². The van der Waals surface area contributed by atoms with Crippen LogP contribution in [0.4, 0.5) is 0 Å². The molecule has 0 bridgehead atoms. The Morgan fingerprint density at radius 1 is 1.10 bits per heavy atom. The molecule has 1 aromatic rings. The van der Waals surface area contributed by atoms with Crippen molar-refractivity contribution in [2.75, 3.05) is 13.2 Å². The van der Waals surface area contributed by atoms with Crippen molar-refractivity contribution < 1.29 is 19.1 Å². The van der Waals surface area contributed by atoms with Gasteiger partial charge in [-0.2, -0.15) is 0 Å². The molecule has 20 heavy (non-hydrogen) atoms. The Balaban J connectivity index is 1.54. The maximum absolute atomic E-state index is 11.7. The van der Waals surface area contributed by atoms with Crippen LogP contribution in [-0.4, -0.2) is 25.0 Å². The van der Waals surface area contributed by atoms with Gasteiger partial charge in [-0.25, -0.2) is 0 Å². The largest absolute Gasteiger partial charge is 0.486 e. The van der Waals surface area contributed by atoms with Crippen LogP contribution in [0.25, 0.3) is 0 Å². The number of amides is 2. The molecule has 1 aliphatic heterocycles. The summed E-state index contributed by atoms with van der Waals surface area (Å²) in [7, 11) is 0. The summed E-state index contributed by atoms with van der Waals surface area (Å²) in [5.74, 6) is 1.06. The van der Waals surface area contributed by atoms with E-state index in [9.17, 15) is 9.59 Å². The number of carbonyl (C=O) groups excluding carboxylic acids is 2. The molecule has 0 spiro atoms. The highest BCUT2D eigenvalue weighted by atomic mass is 16.6. The third kappa shape index (κ3) is 3.01. The molecular formula is C14H16N2O4. The zero-order chi connectivity index (χ0) is 13.9. The van der Waals surface area contributed by atoms with Gasteiger partial charge in [-0.1, -0.05) is 6.07 Å². The average Bonchev–Trinajstić information content (AvgIpc) is 3.29. The van der Waals surface area contributed by atoms with Gasteiger partial charge < -0.3 is 9.47 Å². The van der Waals surface area contributed by atoms with Crippen LogP contribution < -0.4 is 20.3 Å². The molecule has 2 amide bonds. The van der Waals surface area contributed by atoms with Crippen LogP contribution >= 0.6 is 0 Å². The first-order valence-corrected chi connectivity index (χ1v) is 6.69. The molecule has 0 atom stereocenters. The van der Waals surface area contributed by atoms with Gasteiger partial charge in [-0.3, -0.25) is 20.4 Å². The van der Waals surface area contributed by atoms with Crippen molar-refractivity contribution in [3.63, 3.8) is 0 Å². The van der Waals surface area contributed by atoms with E-state index in [1.54, 1.807) is 12.1 Å². The number of ether oxygens (including phenoxy) is 2. The molecule has 2 aliphatic rings. The molecule has 1 aliphatic carbocycles. The predicted molar refractivity (Wildman–Crippen MR) is 70.1 cm³/mol. The Bertz CT molecular complexity index is 540. The minimum atomic E-state index is -0.254. The Kier molecular flexibility index (Phi) is 3.45. The third-order valence-corrected chi connectivity index (χ3v) is 3.24. The van der Waals surface area contributed by atoms with Crippen LogP contribution in [0.1, 0.15) is 18.4 Å². The molecule has 0 radical (unpaired) electrons. The van der Waals surface area contributed by atoms with E-state index in [0.717, 1.165) is 18.4 Å². The van der Waals surface area contributed by atoms with Gasteiger partial charge in [0.1, 0.15) is 13.2 Å².